The maximum Gasteiger partial charge on any atom is 0.261 e. The Bertz CT molecular complexity index is 216. The van der Waals surface area contributed by atoms with Gasteiger partial charge in [0.05, 0.1) is 6.61 Å². The van der Waals surface area contributed by atoms with E-state index in [9.17, 15) is 13.6 Å². The number of Topliss-reactive ketones (excluding diaryl/α,β-unsaturated/α-hetero) is 1. The fourth-order valence-electron chi connectivity index (χ4n) is 0.810. The summed E-state index contributed by atoms with van der Waals surface area (Å²) < 4.78 is 27.7. The van der Waals surface area contributed by atoms with Crippen molar-refractivity contribution in [3.05, 3.63) is 0 Å². The molecule has 0 aliphatic rings. The molecule has 0 unspecified atom stereocenters. The average Bonchev–Trinajstić information content (AvgIpc) is 2.13. The van der Waals surface area contributed by atoms with Crippen LogP contribution >= 0.6 is 0 Å². The van der Waals surface area contributed by atoms with E-state index in [-0.39, 0.29) is 18.8 Å². The normalized spacial score (nSPS) is 9.71. The molecule has 0 spiro atoms. The molecule has 0 aliphatic carbocycles. The van der Waals surface area contributed by atoms with Crippen molar-refractivity contribution in [2.45, 2.75) is 32.6 Å². The zero-order chi connectivity index (χ0) is 10.8. The molecule has 0 radical (unpaired) electrons. The molecule has 0 rings (SSSR count). The first-order chi connectivity index (χ1) is 6.66. The van der Waals surface area contributed by atoms with E-state index in [4.69, 9.17) is 0 Å². The predicted molar refractivity (Wildman–Crippen MR) is 49.1 cm³/mol. The molecule has 2 nitrogen and oxygen atoms in total. The maximum absolute atomic E-state index is 11.6. The van der Waals surface area contributed by atoms with Crippen LogP contribution in [0.25, 0.3) is 0 Å². The second kappa shape index (κ2) is 8.64. The Balaban J connectivity index is 3.30. The summed E-state index contributed by atoms with van der Waals surface area (Å²) in [6.07, 6.45) is -1.36. The number of alkyl halides is 2. The number of carbonyl (C=O) groups excluding carboxylic acids is 1. The quantitative estimate of drug-likeness (QED) is 0.468. The van der Waals surface area contributed by atoms with Crippen LogP contribution in [0, 0.1) is 11.8 Å². The summed E-state index contributed by atoms with van der Waals surface area (Å²) in [5.41, 5.74) is 0. The summed E-state index contributed by atoms with van der Waals surface area (Å²) in [7, 11) is 0. The number of ether oxygens (including phenoxy) is 1. The largest absolute Gasteiger partial charge is 0.375 e. The van der Waals surface area contributed by atoms with Gasteiger partial charge in [-0.1, -0.05) is 0 Å². The second-order valence-electron chi connectivity index (χ2n) is 2.68. The van der Waals surface area contributed by atoms with Crippen LogP contribution < -0.4 is 0 Å². The van der Waals surface area contributed by atoms with Crippen LogP contribution in [0.15, 0.2) is 0 Å². The Hall–Kier alpha value is -0.950. The Labute approximate surface area is 82.6 Å². The minimum absolute atomic E-state index is 0.00187. The molecule has 0 aromatic carbocycles. The third-order valence-electron chi connectivity index (χ3n) is 1.47. The first-order valence-corrected chi connectivity index (χ1v) is 4.44. The van der Waals surface area contributed by atoms with Gasteiger partial charge in [-0.25, -0.2) is 8.78 Å². The monoisotopic (exact) mass is 204 g/mol. The van der Waals surface area contributed by atoms with Crippen molar-refractivity contribution in [2.24, 2.45) is 0 Å². The van der Waals surface area contributed by atoms with Gasteiger partial charge in [0.2, 0.25) is 0 Å². The number of hydrogen-bond acceptors (Lipinski definition) is 2. The first-order valence-electron chi connectivity index (χ1n) is 4.44. The molecule has 80 valence electrons. The van der Waals surface area contributed by atoms with Gasteiger partial charge in [0.15, 0.2) is 0 Å². The molecule has 0 saturated carbocycles. The maximum atomic E-state index is 11.6. The van der Waals surface area contributed by atoms with E-state index in [2.05, 4.69) is 16.6 Å². The Morgan fingerprint density at radius 1 is 1.43 bits per heavy atom. The van der Waals surface area contributed by atoms with E-state index in [1.165, 1.54) is 0 Å². The SMILES string of the molecule is CC#CCCC(=O)CCOCC(F)F. The van der Waals surface area contributed by atoms with Crippen molar-refractivity contribution in [1.82, 2.24) is 0 Å². The molecule has 14 heavy (non-hydrogen) atoms. The Morgan fingerprint density at radius 2 is 2.14 bits per heavy atom. The smallest absolute Gasteiger partial charge is 0.261 e. The van der Waals surface area contributed by atoms with Crippen LogP contribution in [0.2, 0.25) is 0 Å². The first kappa shape index (κ1) is 13.1. The molecule has 0 aliphatic heterocycles. The van der Waals surface area contributed by atoms with Gasteiger partial charge >= 0.3 is 0 Å². The molecule has 0 fully saturated rings. The van der Waals surface area contributed by atoms with E-state index < -0.39 is 13.0 Å². The van der Waals surface area contributed by atoms with Crippen molar-refractivity contribution >= 4 is 5.78 Å². The molecule has 0 atom stereocenters. The molecular weight excluding hydrogens is 190 g/mol. The van der Waals surface area contributed by atoms with Gasteiger partial charge in [0.25, 0.3) is 6.43 Å². The van der Waals surface area contributed by atoms with E-state index in [0.29, 0.717) is 12.8 Å². The fourth-order valence-corrected chi connectivity index (χ4v) is 0.810. The molecule has 4 heteroatoms. The van der Waals surface area contributed by atoms with Gasteiger partial charge in [-0.3, -0.25) is 4.79 Å². The van der Waals surface area contributed by atoms with Gasteiger partial charge in [0, 0.05) is 19.3 Å². The van der Waals surface area contributed by atoms with Crippen molar-refractivity contribution < 1.29 is 18.3 Å². The molecule has 0 N–H and O–H groups in total. The summed E-state index contributed by atoms with van der Waals surface area (Å²) in [4.78, 5) is 11.0. The highest BCUT2D eigenvalue weighted by Crippen LogP contribution is 1.97. The number of hydrogen-bond donors (Lipinski definition) is 0. The molecular formula is C10H14F2O2. The topological polar surface area (TPSA) is 26.3 Å². The highest BCUT2D eigenvalue weighted by molar-refractivity contribution is 5.78. The van der Waals surface area contributed by atoms with Gasteiger partial charge in [-0.05, 0) is 6.92 Å². The van der Waals surface area contributed by atoms with Crippen LogP contribution in [0.1, 0.15) is 26.2 Å². The lowest BCUT2D eigenvalue weighted by Gasteiger charge is -2.01. The number of carbonyl (C=O) groups is 1. The van der Waals surface area contributed by atoms with Crippen molar-refractivity contribution in [2.75, 3.05) is 13.2 Å². The van der Waals surface area contributed by atoms with E-state index in [0.717, 1.165) is 0 Å². The number of rotatable bonds is 7. The van der Waals surface area contributed by atoms with E-state index in [1.807, 2.05) is 0 Å². The number of halogens is 2. The van der Waals surface area contributed by atoms with E-state index >= 15 is 0 Å². The third kappa shape index (κ3) is 9.14. The lowest BCUT2D eigenvalue weighted by atomic mass is 10.2. The molecule has 0 aromatic heterocycles. The number of ketones is 1. The van der Waals surface area contributed by atoms with Gasteiger partial charge in [0.1, 0.15) is 12.4 Å². The minimum Gasteiger partial charge on any atom is -0.375 e. The van der Waals surface area contributed by atoms with Crippen LogP contribution in [-0.4, -0.2) is 25.4 Å². The lowest BCUT2D eigenvalue weighted by molar-refractivity contribution is -0.120. The molecule has 0 heterocycles. The summed E-state index contributed by atoms with van der Waals surface area (Å²) in [5, 5.41) is 0. The van der Waals surface area contributed by atoms with Crippen LogP contribution in [-0.2, 0) is 9.53 Å². The van der Waals surface area contributed by atoms with Gasteiger partial charge in [-0.15, -0.1) is 11.8 Å². The van der Waals surface area contributed by atoms with Crippen molar-refractivity contribution in [1.29, 1.82) is 0 Å². The van der Waals surface area contributed by atoms with Crippen LogP contribution in [0.3, 0.4) is 0 Å². The molecule has 0 amide bonds. The molecule has 0 aromatic rings. The molecule has 0 bridgehead atoms. The molecule has 0 saturated heterocycles. The highest BCUT2D eigenvalue weighted by atomic mass is 19.3. The van der Waals surface area contributed by atoms with Crippen LogP contribution in [0.4, 0.5) is 8.78 Å². The highest BCUT2D eigenvalue weighted by Gasteiger charge is 2.04. The summed E-state index contributed by atoms with van der Waals surface area (Å²) >= 11 is 0. The minimum atomic E-state index is -2.46. The zero-order valence-electron chi connectivity index (χ0n) is 8.19. The van der Waals surface area contributed by atoms with Crippen molar-refractivity contribution in [3.8, 4) is 11.8 Å². The van der Waals surface area contributed by atoms with E-state index in [1.54, 1.807) is 6.92 Å². The summed E-state index contributed by atoms with van der Waals surface area (Å²) in [5.74, 6) is 5.43. The predicted octanol–water partition coefficient (Wildman–Crippen LogP) is 2.03. The zero-order valence-corrected chi connectivity index (χ0v) is 8.19. The fraction of sp³-hybridized carbons (Fsp3) is 0.700. The van der Waals surface area contributed by atoms with Gasteiger partial charge in [-0.2, -0.15) is 0 Å². The van der Waals surface area contributed by atoms with Crippen molar-refractivity contribution in [3.63, 3.8) is 0 Å². The van der Waals surface area contributed by atoms with Crippen LogP contribution in [0.5, 0.6) is 0 Å². The third-order valence-corrected chi connectivity index (χ3v) is 1.47. The Kier molecular flexibility index (Phi) is 8.05. The average molecular weight is 204 g/mol. The standard InChI is InChI=1S/C10H14F2O2/c1-2-3-4-5-9(13)6-7-14-8-10(11)12/h10H,4-8H2,1H3. The van der Waals surface area contributed by atoms with Gasteiger partial charge < -0.3 is 4.74 Å². The second-order valence-corrected chi connectivity index (χ2v) is 2.68. The lowest BCUT2D eigenvalue weighted by Crippen LogP contribution is -2.09. The summed E-state index contributed by atoms with van der Waals surface area (Å²) in [6, 6.07) is 0. The Morgan fingerprint density at radius 3 is 2.71 bits per heavy atom. The summed E-state index contributed by atoms with van der Waals surface area (Å²) in [6.45, 7) is 1.18.